The summed E-state index contributed by atoms with van der Waals surface area (Å²) in [6.07, 6.45) is 2.85. The molecule has 1 unspecified atom stereocenters. The second kappa shape index (κ2) is 8.03. The van der Waals surface area contributed by atoms with Gasteiger partial charge < -0.3 is 29.2 Å². The predicted molar refractivity (Wildman–Crippen MR) is 117 cm³/mol. The van der Waals surface area contributed by atoms with Gasteiger partial charge in [-0.1, -0.05) is 0 Å². The molecule has 4 rings (SSSR count). The summed E-state index contributed by atoms with van der Waals surface area (Å²) in [6.45, 7) is 5.15. The number of aromatic amines is 1. The molecule has 152 valence electrons. The van der Waals surface area contributed by atoms with Crippen LogP contribution in [-0.4, -0.2) is 62.6 Å². The third kappa shape index (κ3) is 3.60. The van der Waals surface area contributed by atoms with Crippen molar-refractivity contribution in [2.75, 3.05) is 55.0 Å². The highest BCUT2D eigenvalue weighted by molar-refractivity contribution is 5.86. The van der Waals surface area contributed by atoms with Crippen molar-refractivity contribution < 1.29 is 9.53 Å². The Morgan fingerprint density at radius 1 is 1.31 bits per heavy atom. The number of pyridine rings is 1. The van der Waals surface area contributed by atoms with Gasteiger partial charge in [-0.3, -0.25) is 0 Å². The first-order valence-corrected chi connectivity index (χ1v) is 9.94. The number of methoxy groups -OCH3 is 1. The normalized spacial score (nSPS) is 16.9. The van der Waals surface area contributed by atoms with Crippen molar-refractivity contribution in [2.24, 2.45) is 0 Å². The fourth-order valence-electron chi connectivity index (χ4n) is 3.90. The molecule has 0 amide bonds. The van der Waals surface area contributed by atoms with Gasteiger partial charge in [-0.25, -0.2) is 4.98 Å². The van der Waals surface area contributed by atoms with Gasteiger partial charge in [-0.2, -0.15) is 0 Å². The summed E-state index contributed by atoms with van der Waals surface area (Å²) in [4.78, 5) is 26.6. The van der Waals surface area contributed by atoms with E-state index in [1.807, 2.05) is 30.5 Å². The highest BCUT2D eigenvalue weighted by Crippen LogP contribution is 2.31. The van der Waals surface area contributed by atoms with E-state index >= 15 is 0 Å². The highest BCUT2D eigenvalue weighted by atomic mass is 16.5. The average molecular weight is 393 g/mol. The van der Waals surface area contributed by atoms with Crippen LogP contribution >= 0.6 is 0 Å². The summed E-state index contributed by atoms with van der Waals surface area (Å²) in [6, 6.07) is 11.8. The SMILES string of the molecule is CCN(C)c1cccnc1N1CCN(c2cc3cc(OC)ccc3[nH]2)C(C=O)C1. The van der Waals surface area contributed by atoms with Crippen molar-refractivity contribution in [3.8, 4) is 5.75 Å². The molecule has 7 heteroatoms. The summed E-state index contributed by atoms with van der Waals surface area (Å²) in [5.74, 6) is 2.71. The standard InChI is InChI=1S/C22H27N5O2/c1-4-25(2)20-6-5-9-23-22(20)26-10-11-27(17(14-26)15-28)21-13-16-12-18(29-3)7-8-19(16)24-21/h5-9,12-13,15,17,24H,4,10-11,14H2,1-3H3. The van der Waals surface area contributed by atoms with E-state index in [1.165, 1.54) is 0 Å². The molecule has 0 bridgehead atoms. The van der Waals surface area contributed by atoms with Gasteiger partial charge in [-0.15, -0.1) is 0 Å². The van der Waals surface area contributed by atoms with Crippen molar-refractivity contribution in [1.82, 2.24) is 9.97 Å². The molecule has 3 aromatic rings. The molecule has 1 aromatic carbocycles. The zero-order chi connectivity index (χ0) is 20.4. The maximum absolute atomic E-state index is 12.0. The highest BCUT2D eigenvalue weighted by Gasteiger charge is 2.30. The van der Waals surface area contributed by atoms with Crippen LogP contribution < -0.4 is 19.4 Å². The molecule has 0 saturated carbocycles. The third-order valence-electron chi connectivity index (χ3n) is 5.65. The summed E-state index contributed by atoms with van der Waals surface area (Å²) < 4.78 is 5.32. The third-order valence-corrected chi connectivity index (χ3v) is 5.65. The van der Waals surface area contributed by atoms with E-state index in [1.54, 1.807) is 7.11 Å². The number of hydrogen-bond acceptors (Lipinski definition) is 6. The number of ether oxygens (including phenoxy) is 1. The number of carbonyl (C=O) groups excluding carboxylic acids is 1. The van der Waals surface area contributed by atoms with Crippen LogP contribution in [0.3, 0.4) is 0 Å². The molecule has 3 heterocycles. The lowest BCUT2D eigenvalue weighted by Gasteiger charge is -2.41. The number of nitrogens with one attached hydrogen (secondary N) is 1. The topological polar surface area (TPSA) is 64.7 Å². The van der Waals surface area contributed by atoms with Crippen LogP contribution in [0, 0.1) is 0 Å². The van der Waals surface area contributed by atoms with E-state index in [4.69, 9.17) is 4.74 Å². The average Bonchev–Trinajstić information content (AvgIpc) is 3.21. The summed E-state index contributed by atoms with van der Waals surface area (Å²) in [7, 11) is 3.73. The number of fused-ring (bicyclic) bond motifs is 1. The quantitative estimate of drug-likeness (QED) is 0.650. The largest absolute Gasteiger partial charge is 0.497 e. The van der Waals surface area contributed by atoms with Gasteiger partial charge in [0.05, 0.1) is 12.8 Å². The van der Waals surface area contributed by atoms with E-state index < -0.39 is 0 Å². The van der Waals surface area contributed by atoms with Gasteiger partial charge in [-0.05, 0) is 43.3 Å². The van der Waals surface area contributed by atoms with Crippen LogP contribution in [0.4, 0.5) is 17.3 Å². The molecule has 1 atom stereocenters. The Balaban J connectivity index is 1.59. The van der Waals surface area contributed by atoms with Gasteiger partial charge in [0.2, 0.25) is 0 Å². The van der Waals surface area contributed by atoms with Crippen molar-refractivity contribution in [3.05, 3.63) is 42.6 Å². The second-order valence-electron chi connectivity index (χ2n) is 7.31. The van der Waals surface area contributed by atoms with Crippen LogP contribution in [0.1, 0.15) is 6.92 Å². The minimum atomic E-state index is -0.250. The minimum Gasteiger partial charge on any atom is -0.497 e. The number of aldehydes is 1. The Morgan fingerprint density at radius 3 is 2.93 bits per heavy atom. The molecule has 1 aliphatic heterocycles. The molecule has 7 nitrogen and oxygen atoms in total. The fourth-order valence-corrected chi connectivity index (χ4v) is 3.90. The second-order valence-corrected chi connectivity index (χ2v) is 7.31. The molecule has 0 spiro atoms. The van der Waals surface area contributed by atoms with Crippen LogP contribution in [0.2, 0.25) is 0 Å². The van der Waals surface area contributed by atoms with Crippen molar-refractivity contribution >= 4 is 34.5 Å². The van der Waals surface area contributed by atoms with Crippen LogP contribution in [0.15, 0.2) is 42.6 Å². The van der Waals surface area contributed by atoms with Crippen LogP contribution in [0.25, 0.3) is 10.9 Å². The Bertz CT molecular complexity index is 1000. The zero-order valence-electron chi connectivity index (χ0n) is 17.1. The van der Waals surface area contributed by atoms with Gasteiger partial charge in [0.15, 0.2) is 5.82 Å². The van der Waals surface area contributed by atoms with E-state index in [-0.39, 0.29) is 6.04 Å². The molecular weight excluding hydrogens is 366 g/mol. The first kappa shape index (κ1) is 19.1. The predicted octanol–water partition coefficient (Wildman–Crippen LogP) is 2.92. The number of aromatic nitrogens is 2. The minimum absolute atomic E-state index is 0.250. The van der Waals surface area contributed by atoms with Gasteiger partial charge in [0, 0.05) is 50.3 Å². The summed E-state index contributed by atoms with van der Waals surface area (Å²) in [5.41, 5.74) is 2.12. The van der Waals surface area contributed by atoms with Crippen LogP contribution in [0.5, 0.6) is 5.75 Å². The van der Waals surface area contributed by atoms with Gasteiger partial charge in [0.1, 0.15) is 23.9 Å². The number of piperazine rings is 1. The monoisotopic (exact) mass is 393 g/mol. The number of anilines is 3. The molecular formula is C22H27N5O2. The first-order valence-electron chi connectivity index (χ1n) is 9.94. The van der Waals surface area contributed by atoms with E-state index in [9.17, 15) is 4.79 Å². The maximum Gasteiger partial charge on any atom is 0.152 e. The summed E-state index contributed by atoms with van der Waals surface area (Å²) in [5, 5.41) is 1.07. The van der Waals surface area contributed by atoms with E-state index in [2.05, 4.69) is 50.8 Å². The number of carbonyl (C=O) groups is 1. The number of nitrogens with zero attached hydrogens (tertiary/aromatic N) is 4. The van der Waals surface area contributed by atoms with Crippen molar-refractivity contribution in [1.29, 1.82) is 0 Å². The number of rotatable bonds is 6. The van der Waals surface area contributed by atoms with Gasteiger partial charge >= 0.3 is 0 Å². The first-order chi connectivity index (χ1) is 14.1. The van der Waals surface area contributed by atoms with Gasteiger partial charge in [0.25, 0.3) is 0 Å². The summed E-state index contributed by atoms with van der Waals surface area (Å²) >= 11 is 0. The lowest BCUT2D eigenvalue weighted by Crippen LogP contribution is -2.54. The molecule has 1 N–H and O–H groups in total. The fraction of sp³-hybridized carbons (Fsp3) is 0.364. The van der Waals surface area contributed by atoms with Crippen LogP contribution in [-0.2, 0) is 4.79 Å². The Hall–Kier alpha value is -3.22. The Kier molecular flexibility index (Phi) is 5.29. The number of hydrogen-bond donors (Lipinski definition) is 1. The molecule has 0 radical (unpaired) electrons. The number of H-pyrrole nitrogens is 1. The molecule has 0 aliphatic carbocycles. The van der Waals surface area contributed by atoms with Crippen molar-refractivity contribution in [3.63, 3.8) is 0 Å². The Morgan fingerprint density at radius 2 is 2.17 bits per heavy atom. The molecule has 1 fully saturated rings. The lowest BCUT2D eigenvalue weighted by molar-refractivity contribution is -0.109. The lowest BCUT2D eigenvalue weighted by atomic mass is 10.1. The molecule has 1 aliphatic rings. The van der Waals surface area contributed by atoms with Crippen molar-refractivity contribution in [2.45, 2.75) is 13.0 Å². The molecule has 2 aromatic heterocycles. The molecule has 1 saturated heterocycles. The van der Waals surface area contributed by atoms with E-state index in [0.717, 1.165) is 59.9 Å². The Labute approximate surface area is 170 Å². The molecule has 29 heavy (non-hydrogen) atoms. The zero-order valence-corrected chi connectivity index (χ0v) is 17.1. The maximum atomic E-state index is 12.0. The number of benzene rings is 1. The van der Waals surface area contributed by atoms with E-state index in [0.29, 0.717) is 6.54 Å². The smallest absolute Gasteiger partial charge is 0.152 e.